The van der Waals surface area contributed by atoms with E-state index >= 15 is 0 Å². The zero-order valence-corrected chi connectivity index (χ0v) is 11.9. The van der Waals surface area contributed by atoms with Crippen LogP contribution in [0.2, 0.25) is 0 Å². The fourth-order valence-electron chi connectivity index (χ4n) is 1.33. The summed E-state index contributed by atoms with van der Waals surface area (Å²) in [4.78, 5) is 37.0. The number of rotatable bonds is 2. The first-order valence-corrected chi connectivity index (χ1v) is 6.00. The highest BCUT2D eigenvalue weighted by Crippen LogP contribution is 1.98. The Labute approximate surface area is 117 Å². The highest BCUT2D eigenvalue weighted by Gasteiger charge is 2.03. The van der Waals surface area contributed by atoms with E-state index in [-0.39, 0.29) is 11.6 Å². The molecule has 0 aliphatic carbocycles. The van der Waals surface area contributed by atoms with Crippen LogP contribution < -0.4 is 0 Å². The van der Waals surface area contributed by atoms with E-state index in [0.717, 1.165) is 5.69 Å². The molecule has 0 saturated heterocycles. The molecule has 0 aromatic carbocycles. The summed E-state index contributed by atoms with van der Waals surface area (Å²) in [5.41, 5.74) is 2.40. The van der Waals surface area contributed by atoms with Gasteiger partial charge in [0.25, 0.3) is 0 Å². The van der Waals surface area contributed by atoms with Crippen LogP contribution in [0.15, 0.2) is 24.8 Å². The van der Waals surface area contributed by atoms with E-state index in [1.165, 1.54) is 26.2 Å². The Bertz CT molecular complexity index is 609. The van der Waals surface area contributed by atoms with E-state index in [9.17, 15) is 9.59 Å². The molecule has 2 heterocycles. The van der Waals surface area contributed by atoms with Gasteiger partial charge in [0.1, 0.15) is 11.4 Å². The van der Waals surface area contributed by atoms with Gasteiger partial charge in [0.2, 0.25) is 0 Å². The third-order valence-electron chi connectivity index (χ3n) is 2.36. The summed E-state index contributed by atoms with van der Waals surface area (Å²) in [6.45, 7) is 6.55. The van der Waals surface area contributed by atoms with Gasteiger partial charge in [-0.25, -0.2) is 9.97 Å². The zero-order valence-electron chi connectivity index (χ0n) is 11.9. The van der Waals surface area contributed by atoms with Crippen LogP contribution in [0.3, 0.4) is 0 Å². The molecule has 0 radical (unpaired) electrons. The van der Waals surface area contributed by atoms with Gasteiger partial charge >= 0.3 is 0 Å². The van der Waals surface area contributed by atoms with Crippen LogP contribution in [0.5, 0.6) is 0 Å². The van der Waals surface area contributed by atoms with Crippen molar-refractivity contribution < 1.29 is 9.59 Å². The van der Waals surface area contributed by atoms with Gasteiger partial charge < -0.3 is 0 Å². The van der Waals surface area contributed by atoms with Crippen molar-refractivity contribution >= 4 is 11.6 Å². The highest BCUT2D eigenvalue weighted by atomic mass is 16.1. The highest BCUT2D eigenvalue weighted by molar-refractivity contribution is 5.93. The van der Waals surface area contributed by atoms with E-state index in [0.29, 0.717) is 17.1 Å². The predicted octanol–water partition coefficient (Wildman–Crippen LogP) is 1.98. The number of ketones is 2. The van der Waals surface area contributed by atoms with Crippen LogP contribution >= 0.6 is 0 Å². The summed E-state index contributed by atoms with van der Waals surface area (Å²) in [6.07, 6.45) is 6.15. The first-order valence-electron chi connectivity index (χ1n) is 6.00. The second-order valence-corrected chi connectivity index (χ2v) is 4.15. The van der Waals surface area contributed by atoms with E-state index in [4.69, 9.17) is 0 Å². The van der Waals surface area contributed by atoms with Crippen molar-refractivity contribution in [2.24, 2.45) is 0 Å². The molecule has 6 nitrogen and oxygen atoms in total. The molecule has 104 valence electrons. The maximum absolute atomic E-state index is 10.8. The average molecular weight is 272 g/mol. The molecule has 0 bridgehead atoms. The lowest BCUT2D eigenvalue weighted by atomic mass is 10.2. The molecule has 0 aliphatic rings. The fourth-order valence-corrected chi connectivity index (χ4v) is 1.33. The SMILES string of the molecule is CC(=O)c1cnc(C)cn1.CC(=O)c1nccnc1C. The second kappa shape index (κ2) is 7.18. The first kappa shape index (κ1) is 15.6. The predicted molar refractivity (Wildman–Crippen MR) is 73.5 cm³/mol. The van der Waals surface area contributed by atoms with E-state index in [1.54, 1.807) is 19.3 Å². The molecule has 0 aliphatic heterocycles. The van der Waals surface area contributed by atoms with Gasteiger partial charge in [-0.15, -0.1) is 0 Å². The second-order valence-electron chi connectivity index (χ2n) is 4.15. The maximum Gasteiger partial charge on any atom is 0.179 e. The molecule has 0 atom stereocenters. The number of hydrogen-bond acceptors (Lipinski definition) is 6. The van der Waals surface area contributed by atoms with Crippen molar-refractivity contribution in [3.05, 3.63) is 47.6 Å². The summed E-state index contributed by atoms with van der Waals surface area (Å²) in [5, 5.41) is 0. The van der Waals surface area contributed by atoms with Gasteiger partial charge in [-0.1, -0.05) is 0 Å². The van der Waals surface area contributed by atoms with Gasteiger partial charge in [0, 0.05) is 32.4 Å². The van der Waals surface area contributed by atoms with Crippen LogP contribution in [0, 0.1) is 13.8 Å². The van der Waals surface area contributed by atoms with Crippen LogP contribution in [0.1, 0.15) is 46.2 Å². The van der Waals surface area contributed by atoms with Crippen molar-refractivity contribution in [3.63, 3.8) is 0 Å². The van der Waals surface area contributed by atoms with Gasteiger partial charge in [0.15, 0.2) is 11.6 Å². The number of carbonyl (C=O) groups is 2. The molecule has 0 fully saturated rings. The first-order chi connectivity index (χ1) is 9.41. The Morgan fingerprint density at radius 3 is 1.90 bits per heavy atom. The van der Waals surface area contributed by atoms with Crippen molar-refractivity contribution in [2.75, 3.05) is 0 Å². The topological polar surface area (TPSA) is 85.7 Å². The molecule has 20 heavy (non-hydrogen) atoms. The lowest BCUT2D eigenvalue weighted by molar-refractivity contribution is 0.0999. The Balaban J connectivity index is 0.000000200. The van der Waals surface area contributed by atoms with Crippen molar-refractivity contribution in [3.8, 4) is 0 Å². The number of aromatic nitrogens is 4. The minimum Gasteiger partial charge on any atom is -0.293 e. The molecule has 0 N–H and O–H groups in total. The molecule has 2 aromatic rings. The fraction of sp³-hybridized carbons (Fsp3) is 0.286. The van der Waals surface area contributed by atoms with Crippen molar-refractivity contribution in [1.82, 2.24) is 19.9 Å². The maximum atomic E-state index is 10.8. The van der Waals surface area contributed by atoms with Crippen molar-refractivity contribution in [1.29, 1.82) is 0 Å². The van der Waals surface area contributed by atoms with Gasteiger partial charge in [-0.2, -0.15) is 0 Å². The molecule has 0 amide bonds. The lowest BCUT2D eigenvalue weighted by Gasteiger charge is -1.95. The monoisotopic (exact) mass is 272 g/mol. The van der Waals surface area contributed by atoms with Gasteiger partial charge in [-0.05, 0) is 13.8 Å². The van der Waals surface area contributed by atoms with Crippen LogP contribution in [-0.2, 0) is 0 Å². The summed E-state index contributed by atoms with van der Waals surface area (Å²) in [7, 11) is 0. The number of nitrogens with zero attached hydrogens (tertiary/aromatic N) is 4. The Morgan fingerprint density at radius 2 is 1.50 bits per heavy atom. The Hall–Kier alpha value is -2.50. The number of aryl methyl sites for hydroxylation is 2. The molecule has 2 rings (SSSR count). The molecule has 6 heteroatoms. The molecular formula is C14H16N4O2. The third-order valence-corrected chi connectivity index (χ3v) is 2.36. The number of Topliss-reactive ketones (excluding diaryl/α,β-unsaturated/α-hetero) is 2. The van der Waals surface area contributed by atoms with Gasteiger partial charge in [0.05, 0.1) is 17.6 Å². The quantitative estimate of drug-likeness (QED) is 0.777. The summed E-state index contributed by atoms with van der Waals surface area (Å²) in [5.74, 6) is -0.0851. The molecule has 0 spiro atoms. The Morgan fingerprint density at radius 1 is 0.850 bits per heavy atom. The van der Waals surface area contributed by atoms with Crippen LogP contribution in [0.4, 0.5) is 0 Å². The molecule has 0 saturated carbocycles. The standard InChI is InChI=1S/2C7H8N2O/c1-5-3-9-7(4-8-5)6(2)10;1-5-7(6(2)10)9-4-3-8-5/h2*3-4H,1-2H3. The van der Waals surface area contributed by atoms with E-state index in [2.05, 4.69) is 19.9 Å². The summed E-state index contributed by atoms with van der Waals surface area (Å²) in [6, 6.07) is 0. The third kappa shape index (κ3) is 4.64. The number of carbonyl (C=O) groups excluding carboxylic acids is 2. The van der Waals surface area contributed by atoms with Crippen molar-refractivity contribution in [2.45, 2.75) is 27.7 Å². The zero-order chi connectivity index (χ0) is 15.1. The van der Waals surface area contributed by atoms with E-state index in [1.807, 2.05) is 6.92 Å². The van der Waals surface area contributed by atoms with Crippen LogP contribution in [-0.4, -0.2) is 31.5 Å². The summed E-state index contributed by atoms with van der Waals surface area (Å²) < 4.78 is 0. The van der Waals surface area contributed by atoms with Gasteiger partial charge in [-0.3, -0.25) is 19.6 Å². The molecular weight excluding hydrogens is 256 g/mol. The molecule has 0 unspecified atom stereocenters. The smallest absolute Gasteiger partial charge is 0.179 e. The normalized spacial score (nSPS) is 9.40. The minimum atomic E-state index is -0.0486. The lowest BCUT2D eigenvalue weighted by Crippen LogP contribution is -2.00. The average Bonchev–Trinajstić information content (AvgIpc) is 2.40. The Kier molecular flexibility index (Phi) is 5.58. The van der Waals surface area contributed by atoms with Crippen LogP contribution in [0.25, 0.3) is 0 Å². The minimum absolute atomic E-state index is 0.0365. The number of hydrogen-bond donors (Lipinski definition) is 0. The largest absolute Gasteiger partial charge is 0.293 e. The summed E-state index contributed by atoms with van der Waals surface area (Å²) >= 11 is 0. The molecule has 2 aromatic heterocycles. The van der Waals surface area contributed by atoms with E-state index < -0.39 is 0 Å².